The van der Waals surface area contributed by atoms with Gasteiger partial charge in [0.2, 0.25) is 0 Å². The molecule has 2 aliphatic rings. The maximum atomic E-state index is 14.1. The second-order valence-corrected chi connectivity index (χ2v) is 7.76. The van der Waals surface area contributed by atoms with Crippen LogP contribution in [-0.2, 0) is 6.54 Å². The second-order valence-electron chi connectivity index (χ2n) is 7.76. The molecule has 8 nitrogen and oxygen atoms in total. The van der Waals surface area contributed by atoms with E-state index in [1.807, 2.05) is 6.92 Å². The Morgan fingerprint density at radius 1 is 1.27 bits per heavy atom. The molecule has 156 valence electrons. The average molecular weight is 411 g/mol. The van der Waals surface area contributed by atoms with Crippen LogP contribution in [0.4, 0.5) is 10.2 Å². The third-order valence-corrected chi connectivity index (χ3v) is 5.52. The zero-order chi connectivity index (χ0) is 20.8. The number of benzene rings is 1. The lowest BCUT2D eigenvalue weighted by Gasteiger charge is -2.29. The van der Waals surface area contributed by atoms with E-state index in [9.17, 15) is 9.18 Å². The van der Waals surface area contributed by atoms with Crippen molar-refractivity contribution < 1.29 is 18.7 Å². The molecule has 5 rings (SSSR count). The van der Waals surface area contributed by atoms with Gasteiger partial charge in [0.25, 0.3) is 5.91 Å². The molecule has 0 unspecified atom stereocenters. The first-order valence-electron chi connectivity index (χ1n) is 10.0. The van der Waals surface area contributed by atoms with Crippen LogP contribution in [0.5, 0.6) is 11.5 Å². The van der Waals surface area contributed by atoms with Crippen molar-refractivity contribution in [3.05, 3.63) is 47.5 Å². The van der Waals surface area contributed by atoms with E-state index >= 15 is 0 Å². The van der Waals surface area contributed by atoms with E-state index in [0.29, 0.717) is 53.8 Å². The summed E-state index contributed by atoms with van der Waals surface area (Å²) in [6, 6.07) is 4.58. The molecule has 0 spiro atoms. The number of anilines is 1. The molecule has 2 atom stereocenters. The lowest BCUT2D eigenvalue weighted by molar-refractivity contribution is 0.0933. The molecule has 0 saturated carbocycles. The number of hydrogen-bond acceptors (Lipinski definition) is 6. The number of nitrogens with zero attached hydrogens (tertiary/aromatic N) is 4. The van der Waals surface area contributed by atoms with E-state index in [-0.39, 0.29) is 23.9 Å². The van der Waals surface area contributed by atoms with Gasteiger partial charge in [-0.3, -0.25) is 4.79 Å². The fraction of sp³-hybridized carbons (Fsp3) is 0.381. The van der Waals surface area contributed by atoms with Gasteiger partial charge in [0, 0.05) is 24.6 Å². The quantitative estimate of drug-likeness (QED) is 0.612. The summed E-state index contributed by atoms with van der Waals surface area (Å²) in [7, 11) is 0. The molecule has 0 saturated heterocycles. The van der Waals surface area contributed by atoms with E-state index in [1.165, 1.54) is 18.3 Å². The predicted octanol–water partition coefficient (Wildman–Crippen LogP) is 2.56. The Hall–Kier alpha value is -3.36. The number of fused-ring (bicyclic) bond motifs is 1. The van der Waals surface area contributed by atoms with Gasteiger partial charge in [0.1, 0.15) is 23.2 Å². The summed E-state index contributed by atoms with van der Waals surface area (Å²) in [6.45, 7) is 5.15. The third kappa shape index (κ3) is 3.20. The normalized spacial score (nSPS) is 21.4. The number of halogens is 1. The number of aromatic nitrogens is 3. The van der Waals surface area contributed by atoms with E-state index in [4.69, 9.17) is 14.5 Å². The van der Waals surface area contributed by atoms with Gasteiger partial charge in [0.05, 0.1) is 25.5 Å². The molecule has 1 N–H and O–H groups in total. The highest BCUT2D eigenvalue weighted by Crippen LogP contribution is 2.35. The van der Waals surface area contributed by atoms with Crippen molar-refractivity contribution in [1.82, 2.24) is 19.9 Å². The van der Waals surface area contributed by atoms with Gasteiger partial charge in [-0.05, 0) is 32.0 Å². The number of hydrogen-bond donors (Lipinski definition) is 1. The molecule has 0 radical (unpaired) electrons. The lowest BCUT2D eigenvalue weighted by atomic mass is 10.1. The molecular formula is C21H22FN5O3. The lowest BCUT2D eigenvalue weighted by Crippen LogP contribution is -2.34. The fourth-order valence-corrected chi connectivity index (χ4v) is 3.85. The van der Waals surface area contributed by atoms with Crippen LogP contribution in [0.3, 0.4) is 0 Å². The van der Waals surface area contributed by atoms with Crippen LogP contribution in [-0.4, -0.2) is 45.8 Å². The minimum atomic E-state index is -0.331. The van der Waals surface area contributed by atoms with Gasteiger partial charge in [-0.2, -0.15) is 5.10 Å². The van der Waals surface area contributed by atoms with Crippen molar-refractivity contribution >= 4 is 17.4 Å². The van der Waals surface area contributed by atoms with Crippen molar-refractivity contribution in [2.24, 2.45) is 0 Å². The molecule has 1 aromatic carbocycles. The zero-order valence-corrected chi connectivity index (χ0v) is 16.8. The van der Waals surface area contributed by atoms with E-state index in [0.717, 1.165) is 6.42 Å². The predicted molar refractivity (Wildman–Crippen MR) is 108 cm³/mol. The molecule has 9 heteroatoms. The number of nitrogens with one attached hydrogen (secondary N) is 1. The second kappa shape index (κ2) is 7.16. The van der Waals surface area contributed by atoms with E-state index in [2.05, 4.69) is 22.2 Å². The Balaban J connectivity index is 1.71. The van der Waals surface area contributed by atoms with Gasteiger partial charge in [-0.1, -0.05) is 0 Å². The summed E-state index contributed by atoms with van der Waals surface area (Å²) < 4.78 is 27.6. The van der Waals surface area contributed by atoms with Crippen LogP contribution in [0.15, 0.2) is 30.6 Å². The standard InChI is InChI=1S/C21H22FN5O3/c1-12-5-6-29-18-11-27-19-16(9-24-27)21(28)23-8-13(2)30-17-4-3-15(22)7-14(17)10-26(12)20(18)25-19/h3-4,7,9,11-13H,5-6,8,10H2,1-2H3,(H,23,28)/t12-,13-/m0/s1. The van der Waals surface area contributed by atoms with Crippen LogP contribution < -0.4 is 19.7 Å². The van der Waals surface area contributed by atoms with Crippen LogP contribution in [0.25, 0.3) is 5.65 Å². The molecule has 2 aliphatic heterocycles. The van der Waals surface area contributed by atoms with Gasteiger partial charge < -0.3 is 19.7 Å². The van der Waals surface area contributed by atoms with Gasteiger partial charge in [-0.25, -0.2) is 13.9 Å². The number of ether oxygens (including phenoxy) is 2. The maximum Gasteiger partial charge on any atom is 0.256 e. The first-order chi connectivity index (χ1) is 14.5. The average Bonchev–Trinajstić information content (AvgIpc) is 3.07. The Morgan fingerprint density at radius 2 is 2.13 bits per heavy atom. The molecule has 0 aliphatic carbocycles. The Bertz CT molecular complexity index is 1130. The highest BCUT2D eigenvalue weighted by molar-refractivity contribution is 5.99. The first-order valence-corrected chi connectivity index (χ1v) is 10.0. The number of carbonyl (C=O) groups is 1. The largest absolute Gasteiger partial charge is 0.489 e. The van der Waals surface area contributed by atoms with Gasteiger partial charge in [0.15, 0.2) is 17.2 Å². The first kappa shape index (κ1) is 18.7. The smallest absolute Gasteiger partial charge is 0.256 e. The molecule has 0 fully saturated rings. The third-order valence-electron chi connectivity index (χ3n) is 5.52. The number of carbonyl (C=O) groups excluding carboxylic acids is 1. The van der Waals surface area contributed by atoms with Crippen molar-refractivity contribution in [3.63, 3.8) is 0 Å². The van der Waals surface area contributed by atoms with Gasteiger partial charge in [-0.15, -0.1) is 0 Å². The van der Waals surface area contributed by atoms with Crippen molar-refractivity contribution in [1.29, 1.82) is 0 Å². The highest BCUT2D eigenvalue weighted by atomic mass is 19.1. The topological polar surface area (TPSA) is 81.0 Å². The van der Waals surface area contributed by atoms with E-state index in [1.54, 1.807) is 16.8 Å². The Kier molecular flexibility index (Phi) is 4.45. The summed E-state index contributed by atoms with van der Waals surface area (Å²) >= 11 is 0. The highest BCUT2D eigenvalue weighted by Gasteiger charge is 2.28. The summed E-state index contributed by atoms with van der Waals surface area (Å²) in [5.41, 5.74) is 1.54. The minimum Gasteiger partial charge on any atom is -0.489 e. The molecule has 1 amide bonds. The van der Waals surface area contributed by atoms with Crippen molar-refractivity contribution in [3.8, 4) is 11.5 Å². The zero-order valence-electron chi connectivity index (χ0n) is 16.8. The summed E-state index contributed by atoms with van der Waals surface area (Å²) in [6.07, 6.45) is 3.71. The summed E-state index contributed by atoms with van der Waals surface area (Å²) in [4.78, 5) is 19.6. The fourth-order valence-electron chi connectivity index (χ4n) is 3.85. The Labute approximate surface area is 172 Å². The SMILES string of the molecule is C[C@H]1CNC(=O)c2cnn3cc4c(nc23)N(Cc2cc(F)ccc2O1)[C@@H](C)CCO4. The molecule has 2 bridgehead atoms. The minimum absolute atomic E-state index is 0.0834. The monoisotopic (exact) mass is 411 g/mol. The summed E-state index contributed by atoms with van der Waals surface area (Å²) in [5, 5.41) is 7.14. The molecular weight excluding hydrogens is 389 g/mol. The van der Waals surface area contributed by atoms with Crippen LogP contribution in [0.2, 0.25) is 0 Å². The number of rotatable bonds is 0. The van der Waals surface area contributed by atoms with Crippen LogP contribution >= 0.6 is 0 Å². The number of amides is 1. The summed E-state index contributed by atoms with van der Waals surface area (Å²) in [5.74, 6) is 1.15. The van der Waals surface area contributed by atoms with Crippen molar-refractivity contribution in [2.75, 3.05) is 18.1 Å². The van der Waals surface area contributed by atoms with Crippen LogP contribution in [0, 0.1) is 5.82 Å². The molecule has 30 heavy (non-hydrogen) atoms. The maximum absolute atomic E-state index is 14.1. The molecule has 2 aromatic heterocycles. The van der Waals surface area contributed by atoms with Crippen LogP contribution in [0.1, 0.15) is 36.2 Å². The van der Waals surface area contributed by atoms with E-state index < -0.39 is 0 Å². The van der Waals surface area contributed by atoms with Gasteiger partial charge >= 0.3 is 0 Å². The van der Waals surface area contributed by atoms with Crippen molar-refractivity contribution in [2.45, 2.75) is 39.0 Å². The molecule has 3 aromatic rings. The molecule has 4 heterocycles. The Morgan fingerprint density at radius 3 is 3.00 bits per heavy atom.